The van der Waals surface area contributed by atoms with E-state index in [1.807, 2.05) is 0 Å². The summed E-state index contributed by atoms with van der Waals surface area (Å²) in [5.74, 6) is 0. The van der Waals surface area contributed by atoms with Crippen molar-refractivity contribution in [1.82, 2.24) is 0 Å². The highest BCUT2D eigenvalue weighted by Crippen LogP contribution is 2.43. The van der Waals surface area contributed by atoms with Crippen molar-refractivity contribution in [1.29, 1.82) is 0 Å². The van der Waals surface area contributed by atoms with Crippen molar-refractivity contribution in [3.63, 3.8) is 0 Å². The van der Waals surface area contributed by atoms with Gasteiger partial charge in [0.1, 0.15) is 0 Å². The molecular formula is C29H24. The minimum absolute atomic E-state index is 0.992. The summed E-state index contributed by atoms with van der Waals surface area (Å²) in [5, 5.41) is 0. The summed E-state index contributed by atoms with van der Waals surface area (Å²) in [7, 11) is 0. The Balaban J connectivity index is 1.77. The van der Waals surface area contributed by atoms with Crippen LogP contribution >= 0.6 is 0 Å². The van der Waals surface area contributed by atoms with E-state index in [1.54, 1.807) is 0 Å². The van der Waals surface area contributed by atoms with Crippen LogP contribution in [0.4, 0.5) is 0 Å². The van der Waals surface area contributed by atoms with Crippen LogP contribution < -0.4 is 0 Å². The molecule has 0 aromatic heterocycles. The number of aryl methyl sites for hydroxylation is 2. The molecule has 0 saturated heterocycles. The Bertz CT molecular complexity index is 1190. The third-order valence-electron chi connectivity index (χ3n) is 5.78. The molecule has 0 fully saturated rings. The Morgan fingerprint density at radius 1 is 0.586 bits per heavy atom. The lowest BCUT2D eigenvalue weighted by Crippen LogP contribution is -1.93. The molecule has 4 aromatic carbocycles. The topological polar surface area (TPSA) is 0 Å². The summed E-state index contributed by atoms with van der Waals surface area (Å²) >= 11 is 0. The standard InChI is InChI=1S/C29H24/c1-20-15-21(2)17-26(16-20)29-27(23-11-7-4-8-12-23)14-13-24-18-25(19-28(24)29)22-9-5-3-6-10-22/h3-17,19H,18H2,1-2H3. The predicted octanol–water partition coefficient (Wildman–Crippen LogP) is 7.73. The predicted molar refractivity (Wildman–Crippen MR) is 125 cm³/mol. The quantitative estimate of drug-likeness (QED) is 0.345. The van der Waals surface area contributed by atoms with Crippen molar-refractivity contribution in [2.24, 2.45) is 0 Å². The van der Waals surface area contributed by atoms with Crippen molar-refractivity contribution in [2.75, 3.05) is 0 Å². The first-order chi connectivity index (χ1) is 14.2. The lowest BCUT2D eigenvalue weighted by Gasteiger charge is -2.16. The Labute approximate surface area is 173 Å². The normalized spacial score (nSPS) is 12.6. The molecule has 0 atom stereocenters. The highest BCUT2D eigenvalue weighted by Gasteiger charge is 2.21. The zero-order chi connectivity index (χ0) is 19.8. The lowest BCUT2D eigenvalue weighted by molar-refractivity contribution is 1.31. The van der Waals surface area contributed by atoms with Crippen molar-refractivity contribution >= 4 is 11.6 Å². The number of rotatable bonds is 3. The molecule has 0 aliphatic heterocycles. The van der Waals surface area contributed by atoms with Gasteiger partial charge in [-0.25, -0.2) is 0 Å². The van der Waals surface area contributed by atoms with Crippen LogP contribution in [0.1, 0.15) is 27.8 Å². The van der Waals surface area contributed by atoms with Crippen LogP contribution in [0.3, 0.4) is 0 Å². The summed E-state index contributed by atoms with van der Waals surface area (Å²) in [6.45, 7) is 4.38. The van der Waals surface area contributed by atoms with E-state index in [2.05, 4.69) is 111 Å². The highest BCUT2D eigenvalue weighted by atomic mass is 14.2. The molecule has 0 bridgehead atoms. The first-order valence-electron chi connectivity index (χ1n) is 10.2. The van der Waals surface area contributed by atoms with Crippen LogP contribution in [-0.4, -0.2) is 0 Å². The maximum atomic E-state index is 2.41. The smallest absolute Gasteiger partial charge is 0.00134 e. The SMILES string of the molecule is Cc1cc(C)cc(-c2c(-c3ccccc3)ccc3c2C=C(c2ccccc2)C3)c1. The Kier molecular flexibility index (Phi) is 4.41. The summed E-state index contributed by atoms with van der Waals surface area (Å²) in [6, 6.07) is 33.0. The third-order valence-corrected chi connectivity index (χ3v) is 5.78. The van der Waals surface area contributed by atoms with E-state index in [0.29, 0.717) is 0 Å². The molecule has 0 N–H and O–H groups in total. The van der Waals surface area contributed by atoms with Crippen LogP contribution in [0.15, 0.2) is 91.0 Å². The van der Waals surface area contributed by atoms with Crippen LogP contribution in [0, 0.1) is 13.8 Å². The molecule has 1 aliphatic carbocycles. The van der Waals surface area contributed by atoms with E-state index in [1.165, 1.54) is 55.6 Å². The maximum Gasteiger partial charge on any atom is -0.00134 e. The van der Waals surface area contributed by atoms with Gasteiger partial charge in [0, 0.05) is 0 Å². The highest BCUT2D eigenvalue weighted by molar-refractivity contribution is 5.99. The molecule has 29 heavy (non-hydrogen) atoms. The van der Waals surface area contributed by atoms with Gasteiger partial charge in [-0.15, -0.1) is 0 Å². The van der Waals surface area contributed by atoms with Crippen molar-refractivity contribution in [3.05, 3.63) is 119 Å². The van der Waals surface area contributed by atoms with Gasteiger partial charge in [-0.05, 0) is 70.9 Å². The summed E-state index contributed by atoms with van der Waals surface area (Å²) < 4.78 is 0. The molecule has 0 heterocycles. The second-order valence-corrected chi connectivity index (χ2v) is 8.02. The molecule has 0 unspecified atom stereocenters. The van der Waals surface area contributed by atoms with E-state index in [0.717, 1.165) is 6.42 Å². The molecule has 1 aliphatic rings. The second kappa shape index (κ2) is 7.22. The molecule has 4 aromatic rings. The number of hydrogen-bond acceptors (Lipinski definition) is 0. The van der Waals surface area contributed by atoms with Gasteiger partial charge < -0.3 is 0 Å². The Hall–Kier alpha value is -3.38. The summed E-state index contributed by atoms with van der Waals surface area (Å²) in [4.78, 5) is 0. The van der Waals surface area contributed by atoms with E-state index < -0.39 is 0 Å². The van der Waals surface area contributed by atoms with Gasteiger partial charge in [-0.2, -0.15) is 0 Å². The van der Waals surface area contributed by atoms with Gasteiger partial charge in [0.05, 0.1) is 0 Å². The number of benzene rings is 4. The molecular weight excluding hydrogens is 348 g/mol. The monoisotopic (exact) mass is 372 g/mol. The average molecular weight is 373 g/mol. The number of hydrogen-bond donors (Lipinski definition) is 0. The van der Waals surface area contributed by atoms with E-state index in [-0.39, 0.29) is 0 Å². The Morgan fingerprint density at radius 2 is 1.21 bits per heavy atom. The van der Waals surface area contributed by atoms with Gasteiger partial charge in [0.15, 0.2) is 0 Å². The fourth-order valence-corrected chi connectivity index (χ4v) is 4.54. The van der Waals surface area contributed by atoms with Gasteiger partial charge >= 0.3 is 0 Å². The van der Waals surface area contributed by atoms with Crippen molar-refractivity contribution in [3.8, 4) is 22.3 Å². The molecule has 0 radical (unpaired) electrons. The molecule has 0 spiro atoms. The average Bonchev–Trinajstić information content (AvgIpc) is 3.18. The minimum atomic E-state index is 0.992. The number of allylic oxidation sites excluding steroid dienone is 1. The van der Waals surface area contributed by atoms with E-state index in [4.69, 9.17) is 0 Å². The van der Waals surface area contributed by atoms with E-state index >= 15 is 0 Å². The largest absolute Gasteiger partial charge is 0.0622 e. The minimum Gasteiger partial charge on any atom is -0.0622 e. The second-order valence-electron chi connectivity index (χ2n) is 8.02. The van der Waals surface area contributed by atoms with Crippen molar-refractivity contribution in [2.45, 2.75) is 20.3 Å². The first kappa shape index (κ1) is 17.7. The zero-order valence-corrected chi connectivity index (χ0v) is 16.9. The van der Waals surface area contributed by atoms with Crippen LogP contribution in [-0.2, 0) is 6.42 Å². The van der Waals surface area contributed by atoms with Crippen LogP contribution in [0.2, 0.25) is 0 Å². The first-order valence-corrected chi connectivity index (χ1v) is 10.2. The molecule has 0 amide bonds. The van der Waals surface area contributed by atoms with Crippen LogP contribution in [0.25, 0.3) is 33.9 Å². The van der Waals surface area contributed by atoms with Crippen LogP contribution in [0.5, 0.6) is 0 Å². The maximum absolute atomic E-state index is 2.41. The number of fused-ring (bicyclic) bond motifs is 1. The van der Waals surface area contributed by atoms with E-state index in [9.17, 15) is 0 Å². The zero-order valence-electron chi connectivity index (χ0n) is 16.9. The summed E-state index contributed by atoms with van der Waals surface area (Å²) in [5.41, 5.74) is 13.4. The molecule has 0 nitrogen and oxygen atoms in total. The molecule has 140 valence electrons. The fourth-order valence-electron chi connectivity index (χ4n) is 4.54. The van der Waals surface area contributed by atoms with Gasteiger partial charge in [0.25, 0.3) is 0 Å². The molecule has 0 saturated carbocycles. The van der Waals surface area contributed by atoms with Gasteiger partial charge in [-0.3, -0.25) is 0 Å². The lowest BCUT2D eigenvalue weighted by atomic mass is 9.87. The van der Waals surface area contributed by atoms with Gasteiger partial charge in [-0.1, -0.05) is 102 Å². The third kappa shape index (κ3) is 3.32. The Morgan fingerprint density at radius 3 is 1.86 bits per heavy atom. The summed E-state index contributed by atoms with van der Waals surface area (Å²) in [6.07, 6.45) is 3.40. The van der Waals surface area contributed by atoms with Gasteiger partial charge in [0.2, 0.25) is 0 Å². The fraction of sp³-hybridized carbons (Fsp3) is 0.103. The molecule has 5 rings (SSSR count). The van der Waals surface area contributed by atoms with Crippen molar-refractivity contribution < 1.29 is 0 Å². The molecule has 0 heteroatoms.